The molecule has 3 aliphatic heterocycles. The summed E-state index contributed by atoms with van der Waals surface area (Å²) in [5, 5.41) is 0.768. The van der Waals surface area contributed by atoms with Gasteiger partial charge in [-0.25, -0.2) is 0 Å². The van der Waals surface area contributed by atoms with Crippen molar-refractivity contribution in [1.82, 2.24) is 0 Å². The van der Waals surface area contributed by atoms with Crippen LogP contribution in [0.25, 0.3) is 0 Å². The summed E-state index contributed by atoms with van der Waals surface area (Å²) < 4.78 is 36.8. The van der Waals surface area contributed by atoms with Gasteiger partial charge in [0.05, 0.1) is 13.2 Å². The number of ether oxygens (including phenoxy) is 6. The lowest BCUT2D eigenvalue weighted by Gasteiger charge is -2.43. The molecule has 1 aromatic rings. The molecule has 6 nitrogen and oxygen atoms in total. The molecule has 27 heavy (non-hydrogen) atoms. The van der Waals surface area contributed by atoms with Gasteiger partial charge in [-0.2, -0.15) is 0 Å². The maximum absolute atomic E-state index is 6.39. The van der Waals surface area contributed by atoms with E-state index < -0.39 is 23.5 Å². The standard InChI is InChI=1S/C20H27BrO6/c1-18(2)24-12-20(27-18)17(16-15(11-23-20)25-19(3,4)26-16)22-10-14-8-6-5-7-13(14)9-21/h5-8,15-17H,9-12H2,1-4H3/t15-,16-,17+,20+/m1/s1. The van der Waals surface area contributed by atoms with Crippen LogP contribution in [-0.2, 0) is 40.4 Å². The molecule has 0 aliphatic carbocycles. The Morgan fingerprint density at radius 1 is 1.04 bits per heavy atom. The molecular weight excluding hydrogens is 416 g/mol. The highest BCUT2D eigenvalue weighted by Gasteiger charge is 2.63. The number of benzene rings is 1. The molecule has 0 saturated carbocycles. The van der Waals surface area contributed by atoms with Gasteiger partial charge in [-0.1, -0.05) is 40.2 Å². The van der Waals surface area contributed by atoms with Crippen LogP contribution in [0.1, 0.15) is 38.8 Å². The molecule has 7 heteroatoms. The van der Waals surface area contributed by atoms with Crippen molar-refractivity contribution in [3.05, 3.63) is 35.4 Å². The van der Waals surface area contributed by atoms with Crippen LogP contribution in [0, 0.1) is 0 Å². The Labute approximate surface area is 168 Å². The molecule has 4 rings (SSSR count). The first-order chi connectivity index (χ1) is 12.7. The lowest BCUT2D eigenvalue weighted by atomic mass is 9.97. The molecule has 0 aromatic heterocycles. The zero-order chi connectivity index (χ0) is 19.3. The molecule has 1 aromatic carbocycles. The zero-order valence-electron chi connectivity index (χ0n) is 16.2. The second-order valence-electron chi connectivity index (χ2n) is 8.19. The minimum Gasteiger partial charge on any atom is -0.365 e. The van der Waals surface area contributed by atoms with Crippen LogP contribution >= 0.6 is 15.9 Å². The molecule has 0 radical (unpaired) electrons. The molecule has 0 N–H and O–H groups in total. The van der Waals surface area contributed by atoms with Crippen molar-refractivity contribution < 1.29 is 28.4 Å². The molecule has 3 saturated heterocycles. The smallest absolute Gasteiger partial charge is 0.224 e. The largest absolute Gasteiger partial charge is 0.365 e. The van der Waals surface area contributed by atoms with Crippen LogP contribution in [0.4, 0.5) is 0 Å². The summed E-state index contributed by atoms with van der Waals surface area (Å²) >= 11 is 3.54. The van der Waals surface area contributed by atoms with E-state index in [1.54, 1.807) is 0 Å². The predicted molar refractivity (Wildman–Crippen MR) is 101 cm³/mol. The van der Waals surface area contributed by atoms with Crippen LogP contribution in [0.15, 0.2) is 24.3 Å². The van der Waals surface area contributed by atoms with Crippen LogP contribution in [0.3, 0.4) is 0 Å². The minimum atomic E-state index is -1.00. The summed E-state index contributed by atoms with van der Waals surface area (Å²) in [5.74, 6) is -2.43. The average molecular weight is 443 g/mol. The van der Waals surface area contributed by atoms with Gasteiger partial charge < -0.3 is 28.4 Å². The van der Waals surface area contributed by atoms with E-state index in [0.717, 1.165) is 10.9 Å². The summed E-state index contributed by atoms with van der Waals surface area (Å²) in [5.41, 5.74) is 2.30. The van der Waals surface area contributed by atoms with E-state index in [2.05, 4.69) is 28.1 Å². The Morgan fingerprint density at radius 2 is 1.78 bits per heavy atom. The molecule has 3 fully saturated rings. The third kappa shape index (κ3) is 3.83. The number of rotatable bonds is 4. The third-order valence-electron chi connectivity index (χ3n) is 5.17. The number of hydrogen-bond donors (Lipinski definition) is 0. The fourth-order valence-corrected chi connectivity index (χ4v) is 4.54. The number of hydrogen-bond acceptors (Lipinski definition) is 6. The van der Waals surface area contributed by atoms with E-state index in [9.17, 15) is 0 Å². The van der Waals surface area contributed by atoms with E-state index in [0.29, 0.717) is 13.2 Å². The highest BCUT2D eigenvalue weighted by molar-refractivity contribution is 9.08. The molecular formula is C20H27BrO6. The first-order valence-electron chi connectivity index (χ1n) is 9.32. The van der Waals surface area contributed by atoms with E-state index in [4.69, 9.17) is 28.4 Å². The first-order valence-corrected chi connectivity index (χ1v) is 10.4. The lowest BCUT2D eigenvalue weighted by Crippen LogP contribution is -2.62. The summed E-state index contributed by atoms with van der Waals surface area (Å²) in [6, 6.07) is 8.18. The number of fused-ring (bicyclic) bond motifs is 1. The van der Waals surface area contributed by atoms with Gasteiger partial charge in [0.15, 0.2) is 11.6 Å². The average Bonchev–Trinajstić information content (AvgIpc) is 3.09. The second kappa shape index (κ2) is 7.06. The SMILES string of the molecule is CC1(C)O[C@@H]2[C@@H](CO[C@]3(COC(C)(C)O3)[C@H]2OCc2ccccc2CBr)O1. The van der Waals surface area contributed by atoms with Crippen molar-refractivity contribution in [3.8, 4) is 0 Å². The van der Waals surface area contributed by atoms with Crippen LogP contribution in [0.5, 0.6) is 0 Å². The van der Waals surface area contributed by atoms with Crippen molar-refractivity contribution in [3.63, 3.8) is 0 Å². The van der Waals surface area contributed by atoms with Crippen LogP contribution < -0.4 is 0 Å². The molecule has 0 amide bonds. The second-order valence-corrected chi connectivity index (χ2v) is 8.75. The summed E-state index contributed by atoms with van der Waals surface area (Å²) in [7, 11) is 0. The highest BCUT2D eigenvalue weighted by atomic mass is 79.9. The fraction of sp³-hybridized carbons (Fsp3) is 0.700. The Kier molecular flexibility index (Phi) is 5.17. The molecule has 0 bridgehead atoms. The monoisotopic (exact) mass is 442 g/mol. The van der Waals surface area contributed by atoms with E-state index in [1.165, 1.54) is 5.56 Å². The van der Waals surface area contributed by atoms with Gasteiger partial charge in [0.25, 0.3) is 0 Å². The van der Waals surface area contributed by atoms with E-state index in [-0.39, 0.29) is 18.8 Å². The van der Waals surface area contributed by atoms with Gasteiger partial charge in [0.1, 0.15) is 24.9 Å². The predicted octanol–water partition coefficient (Wildman–Crippen LogP) is 3.50. The summed E-state index contributed by atoms with van der Waals surface area (Å²) in [6.07, 6.45) is -0.958. The quantitative estimate of drug-likeness (QED) is 0.665. The topological polar surface area (TPSA) is 55.4 Å². The maximum Gasteiger partial charge on any atom is 0.224 e. The first kappa shape index (κ1) is 19.8. The molecule has 0 unspecified atom stereocenters. The zero-order valence-corrected chi connectivity index (χ0v) is 17.8. The van der Waals surface area contributed by atoms with Gasteiger partial charge in [0, 0.05) is 5.33 Å². The molecule has 1 spiro atoms. The van der Waals surface area contributed by atoms with Gasteiger partial charge in [-0.3, -0.25) is 0 Å². The molecule has 150 valence electrons. The normalized spacial score (nSPS) is 36.9. The third-order valence-corrected chi connectivity index (χ3v) is 5.77. The van der Waals surface area contributed by atoms with Crippen molar-refractivity contribution in [2.75, 3.05) is 13.2 Å². The van der Waals surface area contributed by atoms with E-state index in [1.807, 2.05) is 39.8 Å². The van der Waals surface area contributed by atoms with Crippen molar-refractivity contribution in [2.24, 2.45) is 0 Å². The van der Waals surface area contributed by atoms with E-state index >= 15 is 0 Å². The Bertz CT molecular complexity index is 691. The van der Waals surface area contributed by atoms with Crippen molar-refractivity contribution in [2.45, 2.75) is 75.3 Å². The minimum absolute atomic E-state index is 0.200. The van der Waals surface area contributed by atoms with Crippen LogP contribution in [0.2, 0.25) is 0 Å². The Morgan fingerprint density at radius 3 is 2.44 bits per heavy atom. The Hall–Kier alpha value is -0.540. The highest BCUT2D eigenvalue weighted by Crippen LogP contribution is 2.45. The summed E-state index contributed by atoms with van der Waals surface area (Å²) in [6.45, 7) is 8.67. The van der Waals surface area contributed by atoms with Crippen LogP contribution in [-0.4, -0.2) is 48.9 Å². The number of alkyl halides is 1. The fourth-order valence-electron chi connectivity index (χ4n) is 3.99. The molecule has 3 aliphatic rings. The number of halogens is 1. The lowest BCUT2D eigenvalue weighted by molar-refractivity contribution is -0.336. The van der Waals surface area contributed by atoms with Gasteiger partial charge in [-0.05, 0) is 38.8 Å². The van der Waals surface area contributed by atoms with Gasteiger partial charge in [-0.15, -0.1) is 0 Å². The Balaban J connectivity index is 1.60. The summed E-state index contributed by atoms with van der Waals surface area (Å²) in [4.78, 5) is 0. The van der Waals surface area contributed by atoms with Gasteiger partial charge in [0.2, 0.25) is 5.79 Å². The molecule has 4 atom stereocenters. The van der Waals surface area contributed by atoms with Crippen molar-refractivity contribution >= 4 is 15.9 Å². The maximum atomic E-state index is 6.39. The molecule has 3 heterocycles. The van der Waals surface area contributed by atoms with Crippen molar-refractivity contribution in [1.29, 1.82) is 0 Å². The van der Waals surface area contributed by atoms with Gasteiger partial charge >= 0.3 is 0 Å².